The van der Waals surface area contributed by atoms with E-state index in [2.05, 4.69) is 11.9 Å². The first-order valence-corrected chi connectivity index (χ1v) is 7.52. The number of nitrogens with zero attached hydrogens (tertiary/aromatic N) is 2. The van der Waals surface area contributed by atoms with Gasteiger partial charge in [0, 0.05) is 37.7 Å². The third kappa shape index (κ3) is 4.18. The summed E-state index contributed by atoms with van der Waals surface area (Å²) in [5.74, 6) is 0.132. The van der Waals surface area contributed by atoms with Crippen molar-refractivity contribution in [3.8, 4) is 0 Å². The molecule has 1 aromatic rings. The van der Waals surface area contributed by atoms with E-state index in [9.17, 15) is 4.79 Å². The molecule has 0 bridgehead atoms. The topological polar surface area (TPSA) is 34.5 Å². The van der Waals surface area contributed by atoms with Crippen LogP contribution in [0.5, 0.6) is 0 Å². The van der Waals surface area contributed by atoms with Crippen LogP contribution in [0, 0.1) is 0 Å². The van der Waals surface area contributed by atoms with Crippen molar-refractivity contribution in [1.29, 1.82) is 0 Å². The molecule has 0 saturated carbocycles. The Morgan fingerprint density at radius 2 is 2.35 bits per heavy atom. The summed E-state index contributed by atoms with van der Waals surface area (Å²) in [5, 5.41) is 0. The zero-order valence-electron chi connectivity index (χ0n) is 12.9. The fraction of sp³-hybridized carbons (Fsp3) is 0.688. The van der Waals surface area contributed by atoms with Crippen LogP contribution in [0.25, 0.3) is 0 Å². The normalized spacial score (nSPS) is 18.9. The number of Topliss-reactive ketones (excluding diaryl/α,β-unsaturated/α-hetero) is 1. The summed E-state index contributed by atoms with van der Waals surface area (Å²) in [6, 6.07) is 2.00. The lowest BCUT2D eigenvalue weighted by atomic mass is 10.1. The predicted molar refractivity (Wildman–Crippen MR) is 80.0 cm³/mol. The molecule has 1 fully saturated rings. The zero-order valence-corrected chi connectivity index (χ0v) is 12.9. The number of ether oxygens (including phenoxy) is 1. The van der Waals surface area contributed by atoms with Gasteiger partial charge in [-0.2, -0.15) is 0 Å². The molecule has 0 radical (unpaired) electrons. The van der Waals surface area contributed by atoms with Gasteiger partial charge in [-0.1, -0.05) is 0 Å². The van der Waals surface area contributed by atoms with Crippen molar-refractivity contribution in [2.75, 3.05) is 20.2 Å². The van der Waals surface area contributed by atoms with E-state index in [0.29, 0.717) is 6.10 Å². The van der Waals surface area contributed by atoms with Crippen molar-refractivity contribution < 1.29 is 9.53 Å². The molecule has 2 heterocycles. The lowest BCUT2D eigenvalue weighted by Gasteiger charge is -2.18. The molecule has 20 heavy (non-hydrogen) atoms. The number of carbonyl (C=O) groups excluding carboxylic acids is 1. The van der Waals surface area contributed by atoms with Crippen molar-refractivity contribution in [3.63, 3.8) is 0 Å². The van der Waals surface area contributed by atoms with Gasteiger partial charge in [0.1, 0.15) is 0 Å². The van der Waals surface area contributed by atoms with Gasteiger partial charge in [-0.15, -0.1) is 0 Å². The summed E-state index contributed by atoms with van der Waals surface area (Å²) < 4.78 is 7.69. The largest absolute Gasteiger partial charge is 0.378 e. The Kier molecular flexibility index (Phi) is 5.38. The average molecular weight is 278 g/mol. The number of aryl methyl sites for hydroxylation is 1. The highest BCUT2D eigenvalue weighted by molar-refractivity contribution is 5.94. The van der Waals surface area contributed by atoms with Gasteiger partial charge >= 0.3 is 0 Å². The van der Waals surface area contributed by atoms with Crippen LogP contribution in [-0.4, -0.2) is 41.6 Å². The smallest absolute Gasteiger partial charge is 0.161 e. The van der Waals surface area contributed by atoms with Gasteiger partial charge in [-0.3, -0.25) is 4.79 Å². The molecular weight excluding hydrogens is 252 g/mol. The lowest BCUT2D eigenvalue weighted by molar-refractivity contribution is 0.0993. The highest BCUT2D eigenvalue weighted by Crippen LogP contribution is 2.17. The van der Waals surface area contributed by atoms with Crippen LogP contribution in [0.2, 0.25) is 0 Å². The first kappa shape index (κ1) is 15.3. The molecular formula is C16H26N2O2. The van der Waals surface area contributed by atoms with E-state index in [1.165, 1.54) is 25.0 Å². The number of ketones is 1. The molecule has 0 aromatic carbocycles. The third-order valence-corrected chi connectivity index (χ3v) is 4.04. The molecule has 1 aliphatic heterocycles. The molecule has 112 valence electrons. The molecule has 1 unspecified atom stereocenters. The fourth-order valence-electron chi connectivity index (χ4n) is 2.78. The quantitative estimate of drug-likeness (QED) is 0.719. The van der Waals surface area contributed by atoms with Crippen LogP contribution in [0.15, 0.2) is 12.3 Å². The number of hydrogen-bond donors (Lipinski definition) is 0. The molecule has 2 rings (SSSR count). The van der Waals surface area contributed by atoms with E-state index in [4.69, 9.17) is 4.74 Å². The maximum absolute atomic E-state index is 11.4. The molecule has 1 aliphatic rings. The van der Waals surface area contributed by atoms with Crippen molar-refractivity contribution in [2.24, 2.45) is 7.05 Å². The lowest BCUT2D eigenvalue weighted by Crippen LogP contribution is -2.21. The van der Waals surface area contributed by atoms with Crippen LogP contribution in [-0.2, 0) is 18.3 Å². The molecule has 0 amide bonds. The van der Waals surface area contributed by atoms with Crippen LogP contribution in [0.4, 0.5) is 0 Å². The third-order valence-electron chi connectivity index (χ3n) is 4.04. The van der Waals surface area contributed by atoms with E-state index in [0.717, 1.165) is 31.7 Å². The summed E-state index contributed by atoms with van der Waals surface area (Å²) in [5.41, 5.74) is 1.99. The van der Waals surface area contributed by atoms with E-state index in [1.807, 2.05) is 23.9 Å². The molecule has 4 heteroatoms. The van der Waals surface area contributed by atoms with Gasteiger partial charge in [0.15, 0.2) is 5.78 Å². The second-order valence-electron chi connectivity index (χ2n) is 5.90. The molecule has 4 nitrogen and oxygen atoms in total. The van der Waals surface area contributed by atoms with E-state index in [-0.39, 0.29) is 5.78 Å². The molecule has 0 N–H and O–H groups in total. The van der Waals surface area contributed by atoms with Gasteiger partial charge in [-0.05, 0) is 52.3 Å². The van der Waals surface area contributed by atoms with Crippen molar-refractivity contribution >= 4 is 5.78 Å². The second-order valence-corrected chi connectivity index (χ2v) is 5.90. The van der Waals surface area contributed by atoms with Crippen LogP contribution in [0.1, 0.15) is 48.7 Å². The molecule has 1 aromatic heterocycles. The maximum atomic E-state index is 11.4. The Labute approximate surface area is 121 Å². The Balaban J connectivity index is 1.75. The summed E-state index contributed by atoms with van der Waals surface area (Å²) in [6.45, 7) is 4.51. The number of aromatic nitrogens is 1. The highest BCUT2D eigenvalue weighted by Gasteiger charge is 2.15. The average Bonchev–Trinajstić information content (AvgIpc) is 3.00. The first-order valence-electron chi connectivity index (χ1n) is 7.52. The Bertz CT molecular complexity index is 447. The summed E-state index contributed by atoms with van der Waals surface area (Å²) in [7, 11) is 4.14. The molecule has 0 spiro atoms. The molecule has 1 atom stereocenters. The monoisotopic (exact) mass is 278 g/mol. The zero-order chi connectivity index (χ0) is 14.5. The SMILES string of the molecule is CC(=O)c1cc(CN(C)CCCC2CCCO2)n(C)c1. The Morgan fingerprint density at radius 1 is 1.55 bits per heavy atom. The van der Waals surface area contributed by atoms with Crippen molar-refractivity contribution in [2.45, 2.75) is 45.3 Å². The van der Waals surface area contributed by atoms with Gasteiger partial charge in [0.2, 0.25) is 0 Å². The fourth-order valence-corrected chi connectivity index (χ4v) is 2.78. The molecule has 1 saturated heterocycles. The minimum Gasteiger partial charge on any atom is -0.378 e. The van der Waals surface area contributed by atoms with Gasteiger partial charge < -0.3 is 14.2 Å². The van der Waals surface area contributed by atoms with Gasteiger partial charge in [0.25, 0.3) is 0 Å². The van der Waals surface area contributed by atoms with Gasteiger partial charge in [0.05, 0.1) is 6.10 Å². The summed E-state index contributed by atoms with van der Waals surface area (Å²) in [4.78, 5) is 13.7. The van der Waals surface area contributed by atoms with Crippen molar-refractivity contribution in [1.82, 2.24) is 9.47 Å². The van der Waals surface area contributed by atoms with E-state index >= 15 is 0 Å². The van der Waals surface area contributed by atoms with E-state index < -0.39 is 0 Å². The first-order chi connectivity index (χ1) is 9.56. The number of hydrogen-bond acceptors (Lipinski definition) is 3. The molecule has 0 aliphatic carbocycles. The minimum atomic E-state index is 0.132. The summed E-state index contributed by atoms with van der Waals surface area (Å²) in [6.07, 6.45) is 7.18. The van der Waals surface area contributed by atoms with Gasteiger partial charge in [-0.25, -0.2) is 0 Å². The minimum absolute atomic E-state index is 0.132. The predicted octanol–water partition coefficient (Wildman–Crippen LogP) is 2.62. The highest BCUT2D eigenvalue weighted by atomic mass is 16.5. The second kappa shape index (κ2) is 7.04. The van der Waals surface area contributed by atoms with E-state index in [1.54, 1.807) is 6.92 Å². The Morgan fingerprint density at radius 3 is 2.95 bits per heavy atom. The van der Waals surface area contributed by atoms with Crippen LogP contribution in [0.3, 0.4) is 0 Å². The van der Waals surface area contributed by atoms with Crippen molar-refractivity contribution in [3.05, 3.63) is 23.5 Å². The number of rotatable bonds is 7. The summed E-state index contributed by atoms with van der Waals surface area (Å²) >= 11 is 0. The standard InChI is InChI=1S/C16H26N2O2/c1-13(19)14-10-15(18(3)11-14)12-17(2)8-4-6-16-7-5-9-20-16/h10-11,16H,4-9,12H2,1-3H3. The Hall–Kier alpha value is -1.13. The van der Waals surface area contributed by atoms with Crippen LogP contribution < -0.4 is 0 Å². The van der Waals surface area contributed by atoms with Crippen LogP contribution >= 0.6 is 0 Å². The number of carbonyl (C=O) groups is 1. The maximum Gasteiger partial charge on any atom is 0.161 e.